The Morgan fingerprint density at radius 1 is 1.20 bits per heavy atom. The van der Waals surface area contributed by atoms with Gasteiger partial charge in [0, 0.05) is 12.1 Å². The van der Waals surface area contributed by atoms with E-state index in [0.29, 0.717) is 12.3 Å². The molecule has 2 aromatic rings. The van der Waals surface area contributed by atoms with Crippen LogP contribution in [0.1, 0.15) is 11.5 Å². The normalized spacial score (nSPS) is 10.4. The Kier molecular flexibility index (Phi) is 2.53. The number of nitrogens with two attached hydrogens (primary N) is 2. The molecule has 5 heteroatoms. The van der Waals surface area contributed by atoms with Gasteiger partial charge in [0.15, 0.2) is 0 Å². The summed E-state index contributed by atoms with van der Waals surface area (Å²) in [4.78, 5) is 3.92. The lowest BCUT2D eigenvalue weighted by Gasteiger charge is -1.99. The Morgan fingerprint density at radius 3 is 2.73 bits per heavy atom. The van der Waals surface area contributed by atoms with E-state index < -0.39 is 0 Å². The summed E-state index contributed by atoms with van der Waals surface area (Å²) in [5, 5.41) is 3.51. The van der Waals surface area contributed by atoms with Crippen LogP contribution in [0.4, 0.5) is 11.6 Å². The number of anilines is 2. The van der Waals surface area contributed by atoms with Gasteiger partial charge in [-0.05, 0) is 29.3 Å². The van der Waals surface area contributed by atoms with Crippen LogP contribution in [0.5, 0.6) is 0 Å². The first-order valence-corrected chi connectivity index (χ1v) is 4.66. The average Bonchev–Trinajstić information content (AvgIpc) is 2.62. The molecular formula is C10H12N4O. The first kappa shape index (κ1) is 9.51. The highest BCUT2D eigenvalue weighted by molar-refractivity contribution is 5.40. The number of hydrogen-bond donors (Lipinski definition) is 2. The van der Waals surface area contributed by atoms with Gasteiger partial charge in [0.1, 0.15) is 0 Å². The summed E-state index contributed by atoms with van der Waals surface area (Å²) < 4.78 is 4.90. The van der Waals surface area contributed by atoms with Crippen LogP contribution >= 0.6 is 0 Å². The van der Waals surface area contributed by atoms with Crippen LogP contribution in [-0.2, 0) is 12.8 Å². The van der Waals surface area contributed by atoms with Crippen LogP contribution in [0, 0.1) is 0 Å². The predicted octanol–water partition coefficient (Wildman–Crippen LogP) is 1.02. The first-order valence-electron chi connectivity index (χ1n) is 4.66. The van der Waals surface area contributed by atoms with E-state index in [2.05, 4.69) is 10.1 Å². The molecule has 1 aromatic carbocycles. The summed E-state index contributed by atoms with van der Waals surface area (Å²) in [7, 11) is 0. The molecule has 0 aliphatic rings. The molecule has 0 amide bonds. The second kappa shape index (κ2) is 4.00. The fraction of sp³-hybridized carbons (Fsp3) is 0.200. The van der Waals surface area contributed by atoms with Crippen molar-refractivity contribution in [2.75, 3.05) is 11.5 Å². The second-order valence-electron chi connectivity index (χ2n) is 3.29. The predicted molar refractivity (Wildman–Crippen MR) is 57.0 cm³/mol. The van der Waals surface area contributed by atoms with E-state index in [1.54, 1.807) is 0 Å². The molecule has 0 aliphatic heterocycles. The molecule has 0 saturated carbocycles. The van der Waals surface area contributed by atoms with Crippen LogP contribution in [0.3, 0.4) is 0 Å². The monoisotopic (exact) mass is 204 g/mol. The van der Waals surface area contributed by atoms with Crippen molar-refractivity contribution >= 4 is 11.6 Å². The average molecular weight is 204 g/mol. The van der Waals surface area contributed by atoms with Gasteiger partial charge >= 0.3 is 0 Å². The maximum Gasteiger partial charge on any atom is 0.260 e. The fourth-order valence-electron chi connectivity index (χ4n) is 1.37. The second-order valence-corrected chi connectivity index (χ2v) is 3.29. The maximum absolute atomic E-state index is 5.66. The van der Waals surface area contributed by atoms with E-state index in [4.69, 9.17) is 16.0 Å². The fourth-order valence-corrected chi connectivity index (χ4v) is 1.37. The van der Waals surface area contributed by atoms with E-state index in [-0.39, 0.29) is 5.95 Å². The molecule has 0 unspecified atom stereocenters. The quantitative estimate of drug-likeness (QED) is 0.728. The van der Waals surface area contributed by atoms with Crippen molar-refractivity contribution in [3.8, 4) is 0 Å². The summed E-state index contributed by atoms with van der Waals surface area (Å²) in [5.41, 5.74) is 12.9. The lowest BCUT2D eigenvalue weighted by atomic mass is 10.1. The number of rotatable bonds is 3. The SMILES string of the molecule is Nc1cccc(CCc2nc(N)no2)c1. The van der Waals surface area contributed by atoms with Gasteiger partial charge < -0.3 is 16.0 Å². The van der Waals surface area contributed by atoms with Crippen LogP contribution in [-0.4, -0.2) is 10.1 Å². The largest absolute Gasteiger partial charge is 0.399 e. The molecule has 78 valence electrons. The van der Waals surface area contributed by atoms with Crippen molar-refractivity contribution in [2.24, 2.45) is 0 Å². The molecule has 0 fully saturated rings. The lowest BCUT2D eigenvalue weighted by Crippen LogP contribution is -1.94. The van der Waals surface area contributed by atoms with Gasteiger partial charge in [-0.25, -0.2) is 0 Å². The third-order valence-electron chi connectivity index (χ3n) is 2.06. The van der Waals surface area contributed by atoms with E-state index in [1.165, 1.54) is 0 Å². The maximum atomic E-state index is 5.66. The van der Waals surface area contributed by atoms with E-state index in [1.807, 2.05) is 24.3 Å². The zero-order chi connectivity index (χ0) is 10.7. The highest BCUT2D eigenvalue weighted by Crippen LogP contribution is 2.10. The van der Waals surface area contributed by atoms with Gasteiger partial charge in [-0.3, -0.25) is 0 Å². The molecular weight excluding hydrogens is 192 g/mol. The Morgan fingerprint density at radius 2 is 2.07 bits per heavy atom. The van der Waals surface area contributed by atoms with Crippen molar-refractivity contribution in [1.82, 2.24) is 10.1 Å². The van der Waals surface area contributed by atoms with E-state index in [9.17, 15) is 0 Å². The summed E-state index contributed by atoms with van der Waals surface area (Å²) in [6, 6.07) is 7.72. The molecule has 0 saturated heterocycles. The number of hydrogen-bond acceptors (Lipinski definition) is 5. The van der Waals surface area contributed by atoms with Gasteiger partial charge in [0.05, 0.1) is 0 Å². The van der Waals surface area contributed by atoms with Crippen molar-refractivity contribution in [3.63, 3.8) is 0 Å². The minimum atomic E-state index is 0.178. The number of aryl methyl sites for hydroxylation is 2. The molecule has 15 heavy (non-hydrogen) atoms. The summed E-state index contributed by atoms with van der Waals surface area (Å²) in [5.74, 6) is 0.729. The van der Waals surface area contributed by atoms with Crippen molar-refractivity contribution in [1.29, 1.82) is 0 Å². The minimum absolute atomic E-state index is 0.178. The van der Waals surface area contributed by atoms with Crippen molar-refractivity contribution in [2.45, 2.75) is 12.8 Å². The summed E-state index contributed by atoms with van der Waals surface area (Å²) in [6.45, 7) is 0. The Labute approximate surface area is 87.1 Å². The Bertz CT molecular complexity index is 452. The topological polar surface area (TPSA) is 91.0 Å². The summed E-state index contributed by atoms with van der Waals surface area (Å²) in [6.07, 6.45) is 1.49. The van der Waals surface area contributed by atoms with Crippen molar-refractivity contribution < 1.29 is 4.52 Å². The third kappa shape index (κ3) is 2.46. The Balaban J connectivity index is 1.99. The minimum Gasteiger partial charge on any atom is -0.399 e. The Hall–Kier alpha value is -2.04. The molecule has 1 aromatic heterocycles. The smallest absolute Gasteiger partial charge is 0.260 e. The number of nitrogens with zero attached hydrogens (tertiary/aromatic N) is 2. The highest BCUT2D eigenvalue weighted by atomic mass is 16.5. The van der Waals surface area contributed by atoms with Crippen LogP contribution in [0.2, 0.25) is 0 Å². The van der Waals surface area contributed by atoms with E-state index in [0.717, 1.165) is 17.7 Å². The molecule has 0 aliphatic carbocycles. The van der Waals surface area contributed by atoms with Gasteiger partial charge in [-0.15, -0.1) is 0 Å². The van der Waals surface area contributed by atoms with Gasteiger partial charge in [0.25, 0.3) is 5.95 Å². The highest BCUT2D eigenvalue weighted by Gasteiger charge is 2.03. The summed E-state index contributed by atoms with van der Waals surface area (Å²) >= 11 is 0. The van der Waals surface area contributed by atoms with Gasteiger partial charge in [0.2, 0.25) is 5.89 Å². The zero-order valence-electron chi connectivity index (χ0n) is 8.18. The molecule has 0 atom stereocenters. The number of aromatic nitrogens is 2. The van der Waals surface area contributed by atoms with Gasteiger partial charge in [-0.2, -0.15) is 4.98 Å². The van der Waals surface area contributed by atoms with Crippen molar-refractivity contribution in [3.05, 3.63) is 35.7 Å². The van der Waals surface area contributed by atoms with Gasteiger partial charge in [-0.1, -0.05) is 12.1 Å². The molecule has 0 radical (unpaired) electrons. The van der Waals surface area contributed by atoms with Crippen LogP contribution in [0.15, 0.2) is 28.8 Å². The molecule has 0 bridgehead atoms. The molecule has 1 heterocycles. The molecule has 2 rings (SSSR count). The standard InChI is InChI=1S/C10H12N4O/c11-8-3-1-2-7(6-8)4-5-9-13-10(12)14-15-9/h1-3,6H,4-5,11H2,(H2,12,14). The van der Waals surface area contributed by atoms with Crippen LogP contribution < -0.4 is 11.5 Å². The van der Waals surface area contributed by atoms with E-state index >= 15 is 0 Å². The molecule has 5 nitrogen and oxygen atoms in total. The molecule has 0 spiro atoms. The number of benzene rings is 1. The number of nitrogen functional groups attached to an aromatic ring is 2. The third-order valence-corrected chi connectivity index (χ3v) is 2.06. The molecule has 4 N–H and O–H groups in total. The zero-order valence-corrected chi connectivity index (χ0v) is 8.18. The first-order chi connectivity index (χ1) is 7.24. The lowest BCUT2D eigenvalue weighted by molar-refractivity contribution is 0.379. The van der Waals surface area contributed by atoms with Crippen LogP contribution in [0.25, 0.3) is 0 Å².